The molecule has 1 heterocycles. The van der Waals surface area contributed by atoms with Gasteiger partial charge < -0.3 is 20.3 Å². The predicted molar refractivity (Wildman–Crippen MR) is 110 cm³/mol. The third-order valence-electron chi connectivity index (χ3n) is 4.50. The summed E-state index contributed by atoms with van der Waals surface area (Å²) in [5, 5.41) is 6.63. The molecule has 1 fully saturated rings. The Morgan fingerprint density at radius 2 is 2.15 bits per heavy atom. The first-order valence-electron chi connectivity index (χ1n) is 10.2. The van der Waals surface area contributed by atoms with Crippen LogP contribution in [-0.4, -0.2) is 49.6 Å². The molecule has 0 unspecified atom stereocenters. The highest BCUT2D eigenvalue weighted by molar-refractivity contribution is 5.79. The number of ether oxygens (including phenoxy) is 1. The van der Waals surface area contributed by atoms with E-state index in [1.807, 2.05) is 17.0 Å². The average Bonchev–Trinajstić information content (AvgIpc) is 3.08. The van der Waals surface area contributed by atoms with E-state index in [1.165, 1.54) is 0 Å². The van der Waals surface area contributed by atoms with Crippen LogP contribution in [0, 0.1) is 0 Å². The summed E-state index contributed by atoms with van der Waals surface area (Å²) in [4.78, 5) is 18.3. The molecule has 0 aliphatic carbocycles. The van der Waals surface area contributed by atoms with Crippen molar-refractivity contribution in [3.8, 4) is 5.75 Å². The number of hydrogen-bond acceptors (Lipinski definition) is 3. The van der Waals surface area contributed by atoms with Crippen molar-refractivity contribution in [2.45, 2.75) is 52.5 Å². The van der Waals surface area contributed by atoms with E-state index in [-0.39, 0.29) is 5.91 Å². The topological polar surface area (TPSA) is 66.0 Å². The number of benzene rings is 1. The quantitative estimate of drug-likeness (QED) is 0.355. The van der Waals surface area contributed by atoms with E-state index in [9.17, 15) is 4.79 Å². The number of unbranched alkanes of at least 4 members (excludes halogenated alkanes) is 1. The van der Waals surface area contributed by atoms with E-state index in [2.05, 4.69) is 41.6 Å². The summed E-state index contributed by atoms with van der Waals surface area (Å²) in [6, 6.07) is 8.13. The van der Waals surface area contributed by atoms with E-state index in [4.69, 9.17) is 4.74 Å². The molecular weight excluding hydrogens is 340 g/mol. The molecule has 0 saturated carbocycles. The van der Waals surface area contributed by atoms with Gasteiger partial charge in [0.1, 0.15) is 5.75 Å². The third-order valence-corrected chi connectivity index (χ3v) is 4.50. The van der Waals surface area contributed by atoms with Gasteiger partial charge in [-0.25, -0.2) is 4.99 Å². The number of nitrogens with one attached hydrogen (secondary N) is 2. The maximum atomic E-state index is 11.6. The number of guanidine groups is 1. The van der Waals surface area contributed by atoms with Gasteiger partial charge in [0.05, 0.1) is 13.2 Å². The van der Waals surface area contributed by atoms with Crippen LogP contribution in [0.25, 0.3) is 0 Å². The van der Waals surface area contributed by atoms with E-state index in [0.717, 1.165) is 75.7 Å². The third kappa shape index (κ3) is 7.89. The zero-order valence-electron chi connectivity index (χ0n) is 16.8. The number of carbonyl (C=O) groups excluding carboxylic acids is 1. The van der Waals surface area contributed by atoms with Crippen LogP contribution >= 0.6 is 0 Å². The Kier molecular flexibility index (Phi) is 9.52. The van der Waals surface area contributed by atoms with Gasteiger partial charge >= 0.3 is 0 Å². The Morgan fingerprint density at radius 3 is 2.89 bits per heavy atom. The van der Waals surface area contributed by atoms with Crippen LogP contribution in [0.4, 0.5) is 0 Å². The molecule has 1 saturated heterocycles. The molecule has 27 heavy (non-hydrogen) atoms. The van der Waals surface area contributed by atoms with Crippen molar-refractivity contribution in [2.75, 3.05) is 32.8 Å². The Balaban J connectivity index is 1.78. The van der Waals surface area contributed by atoms with Gasteiger partial charge in [0.2, 0.25) is 5.91 Å². The van der Waals surface area contributed by atoms with Crippen LogP contribution in [0.15, 0.2) is 29.3 Å². The first kappa shape index (κ1) is 21.1. The average molecular weight is 375 g/mol. The Morgan fingerprint density at radius 1 is 1.26 bits per heavy atom. The molecule has 1 aliphatic rings. The summed E-state index contributed by atoms with van der Waals surface area (Å²) in [6.07, 6.45) is 4.83. The van der Waals surface area contributed by atoms with Gasteiger partial charge in [-0.15, -0.1) is 0 Å². The molecule has 0 spiro atoms. The molecule has 1 aromatic rings. The first-order valence-corrected chi connectivity index (χ1v) is 10.2. The molecule has 2 N–H and O–H groups in total. The summed E-state index contributed by atoms with van der Waals surface area (Å²) < 4.78 is 5.77. The standard InChI is InChI=1S/C21H34N4O2/c1-3-5-15-27-19-10-6-9-18(16-19)17-24-21(22-4-2)23-12-8-14-25-13-7-11-20(25)26/h6,9-10,16H,3-5,7-8,11-15,17H2,1-2H3,(H2,22,23,24). The highest BCUT2D eigenvalue weighted by Crippen LogP contribution is 2.14. The number of nitrogens with zero attached hydrogens (tertiary/aromatic N) is 2. The fourth-order valence-electron chi connectivity index (χ4n) is 3.00. The van der Waals surface area contributed by atoms with Crippen molar-refractivity contribution in [2.24, 2.45) is 4.99 Å². The van der Waals surface area contributed by atoms with E-state index >= 15 is 0 Å². The zero-order chi connectivity index (χ0) is 19.3. The van der Waals surface area contributed by atoms with Crippen LogP contribution in [0.2, 0.25) is 0 Å². The van der Waals surface area contributed by atoms with Crippen molar-refractivity contribution in [3.05, 3.63) is 29.8 Å². The van der Waals surface area contributed by atoms with Crippen LogP contribution in [0.3, 0.4) is 0 Å². The normalized spacial score (nSPS) is 14.5. The monoisotopic (exact) mass is 374 g/mol. The van der Waals surface area contributed by atoms with Crippen molar-refractivity contribution in [1.82, 2.24) is 15.5 Å². The smallest absolute Gasteiger partial charge is 0.222 e. The second-order valence-corrected chi connectivity index (χ2v) is 6.81. The van der Waals surface area contributed by atoms with E-state index in [0.29, 0.717) is 13.0 Å². The Labute approximate surface area is 163 Å². The van der Waals surface area contributed by atoms with Gasteiger partial charge in [-0.1, -0.05) is 25.5 Å². The van der Waals surface area contributed by atoms with Crippen LogP contribution in [0.5, 0.6) is 5.75 Å². The van der Waals surface area contributed by atoms with Crippen molar-refractivity contribution < 1.29 is 9.53 Å². The van der Waals surface area contributed by atoms with Crippen molar-refractivity contribution >= 4 is 11.9 Å². The minimum absolute atomic E-state index is 0.289. The molecule has 6 nitrogen and oxygen atoms in total. The van der Waals surface area contributed by atoms with Crippen molar-refractivity contribution in [1.29, 1.82) is 0 Å². The molecule has 1 amide bonds. The molecule has 1 aromatic carbocycles. The number of rotatable bonds is 11. The van der Waals surface area contributed by atoms with Gasteiger partial charge in [0.25, 0.3) is 0 Å². The largest absolute Gasteiger partial charge is 0.494 e. The number of aliphatic imine (C=N–C) groups is 1. The second-order valence-electron chi connectivity index (χ2n) is 6.81. The Hall–Kier alpha value is -2.24. The summed E-state index contributed by atoms with van der Waals surface area (Å²) in [5.41, 5.74) is 1.13. The number of hydrogen-bond donors (Lipinski definition) is 2. The van der Waals surface area contributed by atoms with Crippen LogP contribution in [-0.2, 0) is 11.3 Å². The lowest BCUT2D eigenvalue weighted by Gasteiger charge is -2.16. The summed E-state index contributed by atoms with van der Waals surface area (Å²) in [5.74, 6) is 2.00. The van der Waals surface area contributed by atoms with Gasteiger partial charge in [0.15, 0.2) is 5.96 Å². The summed E-state index contributed by atoms with van der Waals surface area (Å²) >= 11 is 0. The van der Waals surface area contributed by atoms with E-state index < -0.39 is 0 Å². The molecule has 2 rings (SSSR count). The first-order chi connectivity index (χ1) is 13.2. The number of likely N-dealkylation sites (tertiary alicyclic amines) is 1. The van der Waals surface area contributed by atoms with E-state index in [1.54, 1.807) is 0 Å². The van der Waals surface area contributed by atoms with Crippen LogP contribution in [0.1, 0.15) is 51.5 Å². The molecule has 0 aromatic heterocycles. The lowest BCUT2D eigenvalue weighted by molar-refractivity contribution is -0.127. The maximum Gasteiger partial charge on any atom is 0.222 e. The molecule has 6 heteroatoms. The highest BCUT2D eigenvalue weighted by Gasteiger charge is 2.18. The Bertz CT molecular complexity index is 604. The molecular formula is C21H34N4O2. The molecule has 0 radical (unpaired) electrons. The summed E-state index contributed by atoms with van der Waals surface area (Å²) in [6.45, 7) is 8.92. The van der Waals surface area contributed by atoms with Gasteiger partial charge in [-0.3, -0.25) is 4.79 Å². The van der Waals surface area contributed by atoms with Gasteiger partial charge in [-0.05, 0) is 43.9 Å². The molecule has 150 valence electrons. The lowest BCUT2D eigenvalue weighted by Crippen LogP contribution is -2.39. The summed E-state index contributed by atoms with van der Waals surface area (Å²) in [7, 11) is 0. The van der Waals surface area contributed by atoms with Gasteiger partial charge in [0, 0.05) is 32.6 Å². The SMILES string of the molecule is CCCCOc1cccc(CN=C(NCC)NCCCN2CCCC2=O)c1. The number of amides is 1. The second kappa shape index (κ2) is 12.2. The fraction of sp³-hybridized carbons (Fsp3) is 0.619. The minimum atomic E-state index is 0.289. The molecule has 1 aliphatic heterocycles. The highest BCUT2D eigenvalue weighted by atomic mass is 16.5. The molecule has 0 atom stereocenters. The molecule has 0 bridgehead atoms. The lowest BCUT2D eigenvalue weighted by atomic mass is 10.2. The van der Waals surface area contributed by atoms with Crippen molar-refractivity contribution in [3.63, 3.8) is 0 Å². The number of carbonyl (C=O) groups is 1. The maximum absolute atomic E-state index is 11.6. The zero-order valence-corrected chi connectivity index (χ0v) is 16.8. The predicted octanol–water partition coefficient (Wildman–Crippen LogP) is 2.93. The fourth-order valence-corrected chi connectivity index (χ4v) is 3.00. The van der Waals surface area contributed by atoms with Gasteiger partial charge in [-0.2, -0.15) is 0 Å². The van der Waals surface area contributed by atoms with Crippen LogP contribution < -0.4 is 15.4 Å². The minimum Gasteiger partial charge on any atom is -0.494 e.